The van der Waals surface area contributed by atoms with Crippen molar-refractivity contribution in [1.82, 2.24) is 8.96 Å². The van der Waals surface area contributed by atoms with Crippen LogP contribution in [-0.2, 0) is 10.0 Å². The number of nitrogens with zero attached hydrogens (tertiary/aromatic N) is 1. The summed E-state index contributed by atoms with van der Waals surface area (Å²) in [5, 5.41) is 0. The first-order valence-electron chi connectivity index (χ1n) is 7.05. The number of fused-ring (bicyclic) bond motifs is 1. The fraction of sp³-hybridized carbons (Fsp3) is 0.188. The second-order valence-electron chi connectivity index (χ2n) is 5.70. The molecule has 2 aromatic carbocycles. The van der Waals surface area contributed by atoms with Crippen LogP contribution in [-0.4, -0.2) is 17.4 Å². The van der Waals surface area contributed by atoms with E-state index in [1.54, 1.807) is 38.1 Å². The third-order valence-electron chi connectivity index (χ3n) is 3.77. The van der Waals surface area contributed by atoms with Crippen molar-refractivity contribution < 1.29 is 8.42 Å². The number of hydrogen-bond acceptors (Lipinski definition) is 4. The SMILES string of the molecule is Cc1cc(C)c(S(=O)(=O)n2c(=O)[nH]c3ccc(N)cc32)c(C)c1. The van der Waals surface area contributed by atoms with Crippen LogP contribution < -0.4 is 11.4 Å². The zero-order valence-electron chi connectivity index (χ0n) is 13.0. The lowest BCUT2D eigenvalue weighted by Crippen LogP contribution is -2.26. The highest BCUT2D eigenvalue weighted by molar-refractivity contribution is 7.90. The highest BCUT2D eigenvalue weighted by Crippen LogP contribution is 2.26. The molecule has 1 aromatic heterocycles. The van der Waals surface area contributed by atoms with Gasteiger partial charge in [-0.15, -0.1) is 0 Å². The van der Waals surface area contributed by atoms with Crippen LogP contribution in [0.5, 0.6) is 0 Å². The van der Waals surface area contributed by atoms with Gasteiger partial charge in [0.05, 0.1) is 15.9 Å². The van der Waals surface area contributed by atoms with E-state index in [0.717, 1.165) is 9.54 Å². The first-order valence-corrected chi connectivity index (χ1v) is 8.49. The van der Waals surface area contributed by atoms with Crippen molar-refractivity contribution in [2.75, 3.05) is 5.73 Å². The summed E-state index contributed by atoms with van der Waals surface area (Å²) in [7, 11) is -4.03. The van der Waals surface area contributed by atoms with Crippen molar-refractivity contribution in [1.29, 1.82) is 0 Å². The van der Waals surface area contributed by atoms with Crippen LogP contribution in [0.1, 0.15) is 16.7 Å². The molecule has 6 nitrogen and oxygen atoms in total. The molecule has 3 aromatic rings. The van der Waals surface area contributed by atoms with Crippen LogP contribution >= 0.6 is 0 Å². The van der Waals surface area contributed by atoms with Gasteiger partial charge in [0.25, 0.3) is 10.0 Å². The smallest absolute Gasteiger partial charge is 0.340 e. The van der Waals surface area contributed by atoms with Crippen molar-refractivity contribution in [2.45, 2.75) is 25.7 Å². The first kappa shape index (κ1) is 15.4. The van der Waals surface area contributed by atoms with Crippen molar-refractivity contribution >= 4 is 26.7 Å². The molecule has 0 spiro atoms. The Hall–Kier alpha value is -2.54. The van der Waals surface area contributed by atoms with E-state index in [1.165, 1.54) is 6.07 Å². The number of H-pyrrole nitrogens is 1. The zero-order chi connectivity index (χ0) is 16.9. The molecule has 0 aliphatic carbocycles. The Labute approximate surface area is 133 Å². The van der Waals surface area contributed by atoms with Gasteiger partial charge in [-0.05, 0) is 50.1 Å². The molecule has 0 saturated heterocycles. The Balaban J connectivity index is 2.41. The summed E-state index contributed by atoms with van der Waals surface area (Å²) in [5.41, 5.74) is 8.27. The molecule has 0 amide bonds. The van der Waals surface area contributed by atoms with Gasteiger partial charge >= 0.3 is 5.69 Å². The monoisotopic (exact) mass is 331 g/mol. The van der Waals surface area contributed by atoms with E-state index in [0.29, 0.717) is 22.3 Å². The molecule has 0 atom stereocenters. The second-order valence-corrected chi connectivity index (χ2v) is 7.43. The molecule has 120 valence electrons. The number of rotatable bonds is 2. The molecule has 0 saturated carbocycles. The molecule has 0 unspecified atom stereocenters. The molecule has 0 radical (unpaired) electrons. The Morgan fingerprint density at radius 2 is 1.65 bits per heavy atom. The number of aromatic nitrogens is 2. The molecule has 3 rings (SSSR count). The maximum atomic E-state index is 13.1. The average molecular weight is 331 g/mol. The van der Waals surface area contributed by atoms with Crippen LogP contribution in [0.4, 0.5) is 5.69 Å². The number of imidazole rings is 1. The van der Waals surface area contributed by atoms with Gasteiger partial charge < -0.3 is 10.7 Å². The molecule has 7 heteroatoms. The maximum absolute atomic E-state index is 13.1. The standard InChI is InChI=1S/C16H17N3O3S/c1-9-6-10(2)15(11(3)7-9)23(21,22)19-14-8-12(17)4-5-13(14)18-16(19)20/h4-8H,17H2,1-3H3,(H,18,20). The van der Waals surface area contributed by atoms with Crippen LogP contribution in [0.15, 0.2) is 40.0 Å². The van der Waals surface area contributed by atoms with Crippen LogP contribution in [0, 0.1) is 20.8 Å². The minimum atomic E-state index is -4.03. The number of aryl methyl sites for hydroxylation is 3. The molecule has 23 heavy (non-hydrogen) atoms. The summed E-state index contributed by atoms with van der Waals surface area (Å²) in [6.07, 6.45) is 0. The van der Waals surface area contributed by atoms with Gasteiger partial charge in [0.1, 0.15) is 0 Å². The average Bonchev–Trinajstić information content (AvgIpc) is 2.72. The van der Waals surface area contributed by atoms with Gasteiger partial charge in [0.2, 0.25) is 0 Å². The molecule has 0 bridgehead atoms. The number of nitrogen functional groups attached to an aromatic ring is 1. The van der Waals surface area contributed by atoms with E-state index in [9.17, 15) is 13.2 Å². The molecule has 3 N–H and O–H groups in total. The predicted octanol–water partition coefficient (Wildman–Crippen LogP) is 2.07. The second kappa shape index (κ2) is 4.99. The molecule has 0 fully saturated rings. The van der Waals surface area contributed by atoms with Crippen molar-refractivity contribution in [3.05, 3.63) is 57.5 Å². The van der Waals surface area contributed by atoms with E-state index in [1.807, 2.05) is 6.92 Å². The summed E-state index contributed by atoms with van der Waals surface area (Å²) >= 11 is 0. The molecular weight excluding hydrogens is 314 g/mol. The highest BCUT2D eigenvalue weighted by Gasteiger charge is 2.26. The van der Waals surface area contributed by atoms with E-state index >= 15 is 0 Å². The van der Waals surface area contributed by atoms with E-state index < -0.39 is 15.7 Å². The van der Waals surface area contributed by atoms with Gasteiger partial charge in [-0.25, -0.2) is 13.2 Å². The quantitative estimate of drug-likeness (QED) is 0.702. The van der Waals surface area contributed by atoms with Crippen molar-refractivity contribution in [3.63, 3.8) is 0 Å². The number of nitrogens with two attached hydrogens (primary N) is 1. The number of anilines is 1. The van der Waals surface area contributed by atoms with Gasteiger partial charge in [0, 0.05) is 5.69 Å². The summed E-state index contributed by atoms with van der Waals surface area (Å²) in [6, 6.07) is 8.25. The third-order valence-corrected chi connectivity index (χ3v) is 5.77. The van der Waals surface area contributed by atoms with Gasteiger partial charge in [-0.1, -0.05) is 17.7 Å². The molecule has 0 aliphatic rings. The van der Waals surface area contributed by atoms with Gasteiger partial charge in [-0.3, -0.25) is 0 Å². The topological polar surface area (TPSA) is 98.0 Å². The van der Waals surface area contributed by atoms with E-state index in [4.69, 9.17) is 5.73 Å². The molecule has 0 aliphatic heterocycles. The Morgan fingerprint density at radius 1 is 1.04 bits per heavy atom. The molecule has 1 heterocycles. The van der Waals surface area contributed by atoms with Crippen LogP contribution in [0.3, 0.4) is 0 Å². The summed E-state index contributed by atoms with van der Waals surface area (Å²) < 4.78 is 27.0. The normalized spacial score (nSPS) is 12.0. The fourth-order valence-electron chi connectivity index (χ4n) is 3.00. The highest BCUT2D eigenvalue weighted by atomic mass is 32.2. The minimum Gasteiger partial charge on any atom is -0.399 e. The van der Waals surface area contributed by atoms with E-state index in [-0.39, 0.29) is 10.4 Å². The lowest BCUT2D eigenvalue weighted by atomic mass is 10.1. The Morgan fingerprint density at radius 3 is 2.26 bits per heavy atom. The van der Waals surface area contributed by atoms with Crippen LogP contribution in [0.25, 0.3) is 11.0 Å². The predicted molar refractivity (Wildman–Crippen MR) is 90.2 cm³/mol. The Bertz CT molecular complexity index is 1070. The third kappa shape index (κ3) is 2.33. The lowest BCUT2D eigenvalue weighted by molar-refractivity contribution is 0.586. The maximum Gasteiger partial charge on any atom is 0.340 e. The van der Waals surface area contributed by atoms with Crippen molar-refractivity contribution in [3.8, 4) is 0 Å². The fourth-order valence-corrected chi connectivity index (χ4v) is 4.79. The summed E-state index contributed by atoms with van der Waals surface area (Å²) in [4.78, 5) is 14.9. The zero-order valence-corrected chi connectivity index (χ0v) is 13.9. The van der Waals surface area contributed by atoms with E-state index in [2.05, 4.69) is 4.98 Å². The summed E-state index contributed by atoms with van der Waals surface area (Å²) in [6.45, 7) is 5.34. The largest absolute Gasteiger partial charge is 0.399 e. The molecular formula is C16H17N3O3S. The number of aromatic amines is 1. The number of benzene rings is 2. The number of hydrogen-bond donors (Lipinski definition) is 2. The first-order chi connectivity index (χ1) is 10.7. The van der Waals surface area contributed by atoms with Gasteiger partial charge in [0.15, 0.2) is 0 Å². The Kier molecular flexibility index (Phi) is 3.33. The minimum absolute atomic E-state index is 0.147. The van der Waals surface area contributed by atoms with Crippen molar-refractivity contribution in [2.24, 2.45) is 0 Å². The summed E-state index contributed by atoms with van der Waals surface area (Å²) in [5.74, 6) is 0. The number of nitrogens with one attached hydrogen (secondary N) is 1. The van der Waals surface area contributed by atoms with Crippen LogP contribution in [0.2, 0.25) is 0 Å². The lowest BCUT2D eigenvalue weighted by Gasteiger charge is -2.13. The van der Waals surface area contributed by atoms with Gasteiger partial charge in [-0.2, -0.15) is 3.97 Å².